The van der Waals surface area contributed by atoms with Crippen molar-refractivity contribution < 1.29 is 17.6 Å². The lowest BCUT2D eigenvalue weighted by molar-refractivity contribution is -0.115. The van der Waals surface area contributed by atoms with Crippen molar-refractivity contribution in [3.63, 3.8) is 0 Å². The first-order valence-electron chi connectivity index (χ1n) is 9.98. The van der Waals surface area contributed by atoms with Gasteiger partial charge in [0.15, 0.2) is 5.13 Å². The molecule has 1 fully saturated rings. The molecule has 0 unspecified atom stereocenters. The number of nitrogens with one attached hydrogen (secondary N) is 1. The Morgan fingerprint density at radius 2 is 1.77 bits per heavy atom. The van der Waals surface area contributed by atoms with Crippen LogP contribution in [0, 0.1) is 5.82 Å². The summed E-state index contributed by atoms with van der Waals surface area (Å²) < 4.78 is 40.3. The van der Waals surface area contributed by atoms with Crippen molar-refractivity contribution in [3.05, 3.63) is 63.7 Å². The summed E-state index contributed by atoms with van der Waals surface area (Å²) in [6, 6.07) is 9.56. The predicted molar refractivity (Wildman–Crippen MR) is 121 cm³/mol. The zero-order valence-corrected chi connectivity index (χ0v) is 19.2. The molecule has 0 aliphatic carbocycles. The molecular weight excluding hydrogens is 457 g/mol. The van der Waals surface area contributed by atoms with Crippen molar-refractivity contribution >= 4 is 43.7 Å². The highest BCUT2D eigenvalue weighted by Gasteiger charge is 2.27. The summed E-state index contributed by atoms with van der Waals surface area (Å²) in [6.45, 7) is 1.11. The zero-order chi connectivity index (χ0) is 21.8. The first-order valence-corrected chi connectivity index (χ1v) is 13.1. The minimum Gasteiger partial charge on any atom is -0.302 e. The molecule has 31 heavy (non-hydrogen) atoms. The quantitative estimate of drug-likeness (QED) is 0.548. The summed E-state index contributed by atoms with van der Waals surface area (Å²) >= 11 is 2.51. The van der Waals surface area contributed by atoms with E-state index in [1.165, 1.54) is 27.8 Å². The molecule has 6 nitrogen and oxygen atoms in total. The minimum absolute atomic E-state index is 0.0903. The van der Waals surface area contributed by atoms with Crippen molar-refractivity contribution in [1.82, 2.24) is 9.29 Å². The summed E-state index contributed by atoms with van der Waals surface area (Å²) in [5, 5.41) is 3.26. The van der Waals surface area contributed by atoms with E-state index in [0.29, 0.717) is 29.5 Å². The van der Waals surface area contributed by atoms with Gasteiger partial charge in [-0.25, -0.2) is 17.8 Å². The van der Waals surface area contributed by atoms with Crippen molar-refractivity contribution in [3.8, 4) is 0 Å². The summed E-state index contributed by atoms with van der Waals surface area (Å²) in [6.07, 6.45) is 5.22. The largest absolute Gasteiger partial charge is 0.302 e. The van der Waals surface area contributed by atoms with Gasteiger partial charge < -0.3 is 5.32 Å². The number of hydrogen-bond acceptors (Lipinski definition) is 6. The Hall–Kier alpha value is -2.14. The van der Waals surface area contributed by atoms with E-state index in [1.54, 1.807) is 30.5 Å². The van der Waals surface area contributed by atoms with E-state index in [0.717, 1.165) is 41.0 Å². The fourth-order valence-corrected chi connectivity index (χ4v) is 7.29. The molecule has 0 saturated carbocycles. The molecule has 0 bridgehead atoms. The first-order chi connectivity index (χ1) is 14.9. The van der Waals surface area contributed by atoms with Gasteiger partial charge in [-0.2, -0.15) is 4.31 Å². The number of amides is 1. The van der Waals surface area contributed by atoms with E-state index in [1.807, 2.05) is 0 Å². The molecule has 3 aromatic rings. The predicted octanol–water partition coefficient (Wildman–Crippen LogP) is 4.29. The molecule has 1 aliphatic rings. The van der Waals surface area contributed by atoms with E-state index in [2.05, 4.69) is 10.3 Å². The molecule has 2 aromatic heterocycles. The van der Waals surface area contributed by atoms with Crippen LogP contribution in [0.25, 0.3) is 0 Å². The Morgan fingerprint density at radius 3 is 2.52 bits per heavy atom. The van der Waals surface area contributed by atoms with Gasteiger partial charge in [0.05, 0.1) is 6.42 Å². The highest BCUT2D eigenvalue weighted by Crippen LogP contribution is 2.28. The van der Waals surface area contributed by atoms with Crippen LogP contribution in [-0.4, -0.2) is 36.7 Å². The third-order valence-electron chi connectivity index (χ3n) is 4.97. The Kier molecular flexibility index (Phi) is 6.80. The van der Waals surface area contributed by atoms with E-state index in [4.69, 9.17) is 0 Å². The van der Waals surface area contributed by atoms with Gasteiger partial charge in [-0.1, -0.05) is 18.6 Å². The third kappa shape index (κ3) is 5.57. The van der Waals surface area contributed by atoms with Crippen LogP contribution in [-0.2, 0) is 27.7 Å². The van der Waals surface area contributed by atoms with Crippen LogP contribution >= 0.6 is 22.7 Å². The van der Waals surface area contributed by atoms with Crippen molar-refractivity contribution in [2.45, 2.75) is 36.3 Å². The molecule has 1 aromatic carbocycles. The number of piperidine rings is 1. The second kappa shape index (κ2) is 9.56. The van der Waals surface area contributed by atoms with Crippen molar-refractivity contribution in [2.75, 3.05) is 18.4 Å². The molecule has 0 spiro atoms. The van der Waals surface area contributed by atoms with Crippen LogP contribution in [0.2, 0.25) is 0 Å². The number of sulfonamides is 1. The van der Waals surface area contributed by atoms with Gasteiger partial charge >= 0.3 is 0 Å². The SMILES string of the molecule is O=C(Cc1ccc(S(=O)(=O)N2CCCCC2)s1)Nc1ncc(Cc2ccc(F)cc2)s1. The molecule has 3 heterocycles. The Bertz CT molecular complexity index is 1150. The van der Waals surface area contributed by atoms with E-state index < -0.39 is 10.0 Å². The molecule has 4 rings (SSSR count). The van der Waals surface area contributed by atoms with E-state index >= 15 is 0 Å². The molecule has 1 saturated heterocycles. The van der Waals surface area contributed by atoms with Crippen LogP contribution in [0.5, 0.6) is 0 Å². The van der Waals surface area contributed by atoms with Crippen LogP contribution in [0.3, 0.4) is 0 Å². The molecule has 1 aliphatic heterocycles. The summed E-state index contributed by atoms with van der Waals surface area (Å²) in [5.41, 5.74) is 0.962. The van der Waals surface area contributed by atoms with Gasteiger partial charge in [-0.15, -0.1) is 22.7 Å². The summed E-state index contributed by atoms with van der Waals surface area (Å²) in [4.78, 5) is 18.3. The lowest BCUT2D eigenvalue weighted by atomic mass is 10.1. The molecule has 10 heteroatoms. The van der Waals surface area contributed by atoms with Crippen LogP contribution < -0.4 is 5.32 Å². The molecule has 1 N–H and O–H groups in total. The molecule has 0 radical (unpaired) electrons. The van der Waals surface area contributed by atoms with Crippen LogP contribution in [0.4, 0.5) is 9.52 Å². The number of carbonyl (C=O) groups excluding carboxylic acids is 1. The fourth-order valence-electron chi connectivity index (χ4n) is 3.40. The Labute approximate surface area is 188 Å². The monoisotopic (exact) mass is 479 g/mol. The number of thiophene rings is 1. The second-order valence-electron chi connectivity index (χ2n) is 7.35. The number of nitrogens with zero attached hydrogens (tertiary/aromatic N) is 2. The van der Waals surface area contributed by atoms with Crippen molar-refractivity contribution in [2.24, 2.45) is 0 Å². The first kappa shape index (κ1) is 22.1. The van der Waals surface area contributed by atoms with Gasteiger partial charge in [-0.05, 0) is 42.7 Å². The molecule has 0 atom stereocenters. The van der Waals surface area contributed by atoms with E-state index in [-0.39, 0.29) is 22.4 Å². The standard InChI is InChI=1S/C21H22FN3O3S3/c22-16-6-4-15(5-7-16)12-18-14-23-21(30-18)24-19(26)13-17-8-9-20(29-17)31(27,28)25-10-2-1-3-11-25/h4-9,14H,1-3,10-13H2,(H,23,24,26). The summed E-state index contributed by atoms with van der Waals surface area (Å²) in [5.74, 6) is -0.520. The highest BCUT2D eigenvalue weighted by atomic mass is 32.2. The summed E-state index contributed by atoms with van der Waals surface area (Å²) in [7, 11) is -3.48. The number of carbonyl (C=O) groups is 1. The topological polar surface area (TPSA) is 79.4 Å². The van der Waals surface area contributed by atoms with Gasteiger partial charge in [0, 0.05) is 35.5 Å². The van der Waals surface area contributed by atoms with Crippen LogP contribution in [0.15, 0.2) is 46.8 Å². The molecular formula is C21H22FN3O3S3. The Morgan fingerprint density at radius 1 is 1.03 bits per heavy atom. The average Bonchev–Trinajstić information content (AvgIpc) is 3.40. The fraction of sp³-hybridized carbons (Fsp3) is 0.333. The van der Waals surface area contributed by atoms with Gasteiger partial charge in [0.2, 0.25) is 5.91 Å². The lowest BCUT2D eigenvalue weighted by Gasteiger charge is -2.25. The molecule has 164 valence electrons. The number of hydrogen-bond donors (Lipinski definition) is 1. The normalized spacial score (nSPS) is 15.1. The zero-order valence-electron chi connectivity index (χ0n) is 16.7. The Balaban J connectivity index is 1.34. The maximum atomic E-state index is 13.0. The maximum Gasteiger partial charge on any atom is 0.252 e. The number of halogens is 1. The highest BCUT2D eigenvalue weighted by molar-refractivity contribution is 7.91. The smallest absolute Gasteiger partial charge is 0.252 e. The van der Waals surface area contributed by atoms with Crippen LogP contribution in [0.1, 0.15) is 34.6 Å². The number of anilines is 1. The number of rotatable bonds is 7. The number of aromatic nitrogens is 1. The molecule has 1 amide bonds. The minimum atomic E-state index is -3.48. The van der Waals surface area contributed by atoms with Gasteiger partial charge in [0.25, 0.3) is 10.0 Å². The van der Waals surface area contributed by atoms with Gasteiger partial charge in [0.1, 0.15) is 10.0 Å². The van der Waals surface area contributed by atoms with E-state index in [9.17, 15) is 17.6 Å². The number of benzene rings is 1. The lowest BCUT2D eigenvalue weighted by Crippen LogP contribution is -2.35. The third-order valence-corrected chi connectivity index (χ3v) is 9.34. The average molecular weight is 480 g/mol. The number of thiazole rings is 1. The second-order valence-corrected chi connectivity index (χ2v) is 11.8. The van der Waals surface area contributed by atoms with Crippen molar-refractivity contribution in [1.29, 1.82) is 0 Å². The van der Waals surface area contributed by atoms with Gasteiger partial charge in [-0.3, -0.25) is 4.79 Å². The maximum absolute atomic E-state index is 13.0.